The van der Waals surface area contributed by atoms with Crippen molar-refractivity contribution in [3.8, 4) is 6.07 Å². The number of allylic oxidation sites excluding steroid dienone is 3. The zero-order valence-corrected chi connectivity index (χ0v) is 21.9. The third kappa shape index (κ3) is 3.91. The van der Waals surface area contributed by atoms with E-state index in [9.17, 15) is 14.9 Å². The molecule has 0 fully saturated rings. The first-order valence-corrected chi connectivity index (χ1v) is 13.7. The van der Waals surface area contributed by atoms with Gasteiger partial charge in [0.25, 0.3) is 0 Å². The third-order valence-corrected chi connectivity index (χ3v) is 9.42. The molecule has 1 aliphatic heterocycles. The Morgan fingerprint density at radius 3 is 2.71 bits per heavy atom. The molecule has 182 valence electrons. The molecule has 6 nitrogen and oxygen atoms in total. The lowest BCUT2D eigenvalue weighted by Crippen LogP contribution is -2.42. The van der Waals surface area contributed by atoms with E-state index in [0.717, 1.165) is 48.2 Å². The molecule has 0 bridgehead atoms. The normalized spacial score (nSPS) is 21.8. The van der Waals surface area contributed by atoms with Gasteiger partial charge in [0.1, 0.15) is 10.8 Å². The summed E-state index contributed by atoms with van der Waals surface area (Å²) in [6, 6.07) is 6.21. The number of aryl methyl sites for hydroxylation is 1. The van der Waals surface area contributed by atoms with E-state index >= 15 is 0 Å². The number of nitriles is 1. The average molecular weight is 508 g/mol. The quantitative estimate of drug-likeness (QED) is 0.416. The zero-order chi connectivity index (χ0) is 24.9. The summed E-state index contributed by atoms with van der Waals surface area (Å²) in [4.78, 5) is 30.8. The molecule has 0 saturated heterocycles. The fraction of sp³-hybridized carbons (Fsp3) is 0.444. The number of Topliss-reactive ketones (excluding diaryl/α,β-unsaturated/α-hetero) is 1. The highest BCUT2D eigenvalue weighted by Crippen LogP contribution is 2.53. The van der Waals surface area contributed by atoms with Crippen LogP contribution in [-0.4, -0.2) is 18.9 Å². The van der Waals surface area contributed by atoms with Crippen LogP contribution in [0.4, 0.5) is 5.00 Å². The van der Waals surface area contributed by atoms with Gasteiger partial charge in [0, 0.05) is 27.4 Å². The van der Waals surface area contributed by atoms with Crippen LogP contribution in [0.15, 0.2) is 40.2 Å². The monoisotopic (exact) mass is 507 g/mol. The first-order chi connectivity index (χ1) is 16.8. The number of ketones is 1. The Labute approximate surface area is 213 Å². The number of hydrogen-bond donors (Lipinski definition) is 1. The van der Waals surface area contributed by atoms with Crippen LogP contribution in [0.25, 0.3) is 0 Å². The number of fused-ring (bicyclic) bond motifs is 1. The minimum Gasteiger partial charge on any atom is -0.465 e. The summed E-state index contributed by atoms with van der Waals surface area (Å²) >= 11 is 3.08. The summed E-state index contributed by atoms with van der Waals surface area (Å²) in [7, 11) is 1.40. The van der Waals surface area contributed by atoms with E-state index in [4.69, 9.17) is 10.5 Å². The van der Waals surface area contributed by atoms with Gasteiger partial charge in [-0.15, -0.1) is 22.7 Å². The first kappa shape index (κ1) is 23.8. The summed E-state index contributed by atoms with van der Waals surface area (Å²) in [5, 5.41) is 12.9. The highest BCUT2D eigenvalue weighted by atomic mass is 32.1. The van der Waals surface area contributed by atoms with E-state index < -0.39 is 11.9 Å². The molecule has 3 heterocycles. The van der Waals surface area contributed by atoms with Crippen LogP contribution in [0.2, 0.25) is 0 Å². The van der Waals surface area contributed by atoms with Gasteiger partial charge in [-0.2, -0.15) is 5.26 Å². The van der Waals surface area contributed by atoms with Gasteiger partial charge in [-0.05, 0) is 54.5 Å². The van der Waals surface area contributed by atoms with Crippen LogP contribution < -0.4 is 10.6 Å². The molecular formula is C27H29N3O3S2. The molecule has 1 atom stereocenters. The second-order valence-electron chi connectivity index (χ2n) is 10.2. The Morgan fingerprint density at radius 2 is 2.03 bits per heavy atom. The minimum atomic E-state index is -0.478. The summed E-state index contributed by atoms with van der Waals surface area (Å²) in [6.45, 7) is 4.16. The van der Waals surface area contributed by atoms with E-state index in [2.05, 4.69) is 19.9 Å². The highest BCUT2D eigenvalue weighted by Gasteiger charge is 2.46. The van der Waals surface area contributed by atoms with Crippen LogP contribution in [0, 0.1) is 16.7 Å². The van der Waals surface area contributed by atoms with Gasteiger partial charge in [-0.3, -0.25) is 9.69 Å². The Kier molecular flexibility index (Phi) is 6.10. The third-order valence-electron chi connectivity index (χ3n) is 7.20. The highest BCUT2D eigenvalue weighted by molar-refractivity contribution is 7.16. The molecule has 0 saturated carbocycles. The summed E-state index contributed by atoms with van der Waals surface area (Å²) in [5.74, 6) is -0.529. The maximum atomic E-state index is 13.7. The van der Waals surface area contributed by atoms with Gasteiger partial charge in [0.15, 0.2) is 5.78 Å². The van der Waals surface area contributed by atoms with Crippen molar-refractivity contribution in [2.75, 3.05) is 12.0 Å². The minimum absolute atomic E-state index is 0.0395. The van der Waals surface area contributed by atoms with Crippen molar-refractivity contribution in [2.24, 2.45) is 11.1 Å². The largest absolute Gasteiger partial charge is 0.465 e. The number of ether oxygens (including phenoxy) is 1. The molecule has 0 aromatic carbocycles. The number of thiophene rings is 2. The molecule has 2 N–H and O–H groups in total. The molecule has 35 heavy (non-hydrogen) atoms. The molecule has 0 unspecified atom stereocenters. The van der Waals surface area contributed by atoms with Crippen molar-refractivity contribution in [3.63, 3.8) is 0 Å². The predicted octanol–water partition coefficient (Wildman–Crippen LogP) is 5.81. The van der Waals surface area contributed by atoms with E-state index in [1.54, 1.807) is 11.3 Å². The lowest BCUT2D eigenvalue weighted by Gasteiger charge is -2.43. The topological polar surface area (TPSA) is 96.4 Å². The van der Waals surface area contributed by atoms with Crippen LogP contribution in [0.1, 0.15) is 77.5 Å². The van der Waals surface area contributed by atoms with E-state index in [0.29, 0.717) is 40.4 Å². The molecule has 5 rings (SSSR count). The molecule has 2 aliphatic carbocycles. The van der Waals surface area contributed by atoms with Crippen molar-refractivity contribution < 1.29 is 14.3 Å². The molecule has 0 radical (unpaired) electrons. The van der Waals surface area contributed by atoms with Gasteiger partial charge < -0.3 is 10.5 Å². The number of esters is 1. The Hall–Kier alpha value is -2.89. The smallest absolute Gasteiger partial charge is 0.341 e. The van der Waals surface area contributed by atoms with E-state index in [-0.39, 0.29) is 11.2 Å². The van der Waals surface area contributed by atoms with Crippen molar-refractivity contribution in [1.82, 2.24) is 0 Å². The van der Waals surface area contributed by atoms with Crippen molar-refractivity contribution in [3.05, 3.63) is 61.1 Å². The van der Waals surface area contributed by atoms with Crippen molar-refractivity contribution in [1.29, 1.82) is 5.26 Å². The number of methoxy groups -OCH3 is 1. The molecule has 0 amide bonds. The first-order valence-electron chi connectivity index (χ1n) is 12.0. The Bertz CT molecular complexity index is 1310. The number of carbonyl (C=O) groups excluding carboxylic acids is 2. The lowest BCUT2D eigenvalue weighted by atomic mass is 9.70. The molecule has 0 spiro atoms. The zero-order valence-electron chi connectivity index (χ0n) is 20.3. The van der Waals surface area contributed by atoms with Crippen LogP contribution in [0.5, 0.6) is 0 Å². The fourth-order valence-corrected chi connectivity index (χ4v) is 7.94. The maximum absolute atomic E-state index is 13.7. The summed E-state index contributed by atoms with van der Waals surface area (Å²) in [5.41, 5.74) is 9.90. The average Bonchev–Trinajstić information content (AvgIpc) is 3.40. The lowest BCUT2D eigenvalue weighted by molar-refractivity contribution is -0.118. The van der Waals surface area contributed by atoms with Gasteiger partial charge in [-0.25, -0.2) is 4.79 Å². The molecule has 8 heteroatoms. The number of anilines is 1. The maximum Gasteiger partial charge on any atom is 0.341 e. The summed E-state index contributed by atoms with van der Waals surface area (Å²) in [6.07, 6.45) is 5.96. The van der Waals surface area contributed by atoms with Crippen LogP contribution in [0.3, 0.4) is 0 Å². The number of rotatable bonds is 3. The number of hydrogen-bond acceptors (Lipinski definition) is 8. The Morgan fingerprint density at radius 1 is 1.26 bits per heavy atom. The van der Waals surface area contributed by atoms with Gasteiger partial charge in [0.05, 0.1) is 30.2 Å². The number of nitrogens with zero attached hydrogens (tertiary/aromatic N) is 2. The van der Waals surface area contributed by atoms with Gasteiger partial charge in [0.2, 0.25) is 0 Å². The van der Waals surface area contributed by atoms with Crippen LogP contribution in [-0.2, 0) is 22.4 Å². The standard InChI is InChI=1S/C27H29N3O3S2/c1-27(2)12-17-23(18(31)13-27)21(20-10-7-11-34-20)16(14-28)24(29)30(17)25-22(26(32)33-3)15-8-5-4-6-9-19(15)35-25/h7,10-11,21H,4-6,8-9,12-13,29H2,1-3H3/t21-/m1/s1. The SMILES string of the molecule is COC(=O)c1c(N2C(N)=C(C#N)[C@H](c3cccs3)C3=C2CC(C)(C)CC3=O)sc2c1CCCCC2. The van der Waals surface area contributed by atoms with E-state index in [1.807, 2.05) is 22.4 Å². The van der Waals surface area contributed by atoms with Gasteiger partial charge in [-0.1, -0.05) is 26.3 Å². The Balaban J connectivity index is 1.80. The van der Waals surface area contributed by atoms with E-state index in [1.165, 1.54) is 23.3 Å². The second-order valence-corrected chi connectivity index (χ2v) is 12.3. The van der Waals surface area contributed by atoms with Gasteiger partial charge >= 0.3 is 5.97 Å². The molecular weight excluding hydrogens is 478 g/mol. The molecule has 2 aromatic rings. The number of nitrogens with two attached hydrogens (primary N) is 1. The predicted molar refractivity (Wildman–Crippen MR) is 138 cm³/mol. The summed E-state index contributed by atoms with van der Waals surface area (Å²) < 4.78 is 5.24. The van der Waals surface area contributed by atoms with Crippen molar-refractivity contribution in [2.45, 2.75) is 64.7 Å². The fourth-order valence-electron chi connectivity index (χ4n) is 5.68. The second kappa shape index (κ2) is 8.96. The number of carbonyl (C=O) groups is 2. The molecule has 2 aromatic heterocycles. The van der Waals surface area contributed by atoms with Crippen molar-refractivity contribution >= 4 is 39.4 Å². The van der Waals surface area contributed by atoms with Crippen LogP contribution >= 0.6 is 22.7 Å². The molecule has 3 aliphatic rings.